The third kappa shape index (κ3) is 4.19. The molecule has 23 heavy (non-hydrogen) atoms. The van der Waals surface area contributed by atoms with Gasteiger partial charge in [0.25, 0.3) is 0 Å². The lowest BCUT2D eigenvalue weighted by atomic mass is 9.95. The number of carbonyl (C=O) groups is 2. The molecule has 4 nitrogen and oxygen atoms in total. The number of benzene rings is 2. The summed E-state index contributed by atoms with van der Waals surface area (Å²) in [7, 11) is 0. The normalized spacial score (nSPS) is 11.6. The van der Waals surface area contributed by atoms with Crippen LogP contribution in [0.3, 0.4) is 0 Å². The Kier molecular flexibility index (Phi) is 5.92. The molecule has 0 aromatic heterocycles. The molecule has 1 N–H and O–H groups in total. The van der Waals surface area contributed by atoms with Crippen LogP contribution in [0.4, 0.5) is 5.69 Å². The van der Waals surface area contributed by atoms with E-state index in [1.54, 1.807) is 31.2 Å². The molecule has 0 spiro atoms. The maximum absolute atomic E-state index is 12.6. The summed E-state index contributed by atoms with van der Waals surface area (Å²) in [5, 5.41) is 2.86. The number of hydrogen-bond donors (Lipinski definition) is 1. The minimum absolute atomic E-state index is 0.129. The van der Waals surface area contributed by atoms with Crippen molar-refractivity contribution < 1.29 is 14.3 Å². The monoisotopic (exact) mass is 311 g/mol. The third-order valence-electron chi connectivity index (χ3n) is 3.61. The van der Waals surface area contributed by atoms with Crippen LogP contribution in [0.15, 0.2) is 54.6 Å². The van der Waals surface area contributed by atoms with Gasteiger partial charge in [0.05, 0.1) is 23.8 Å². The summed E-state index contributed by atoms with van der Waals surface area (Å²) in [5.41, 5.74) is 1.80. The van der Waals surface area contributed by atoms with Gasteiger partial charge >= 0.3 is 5.97 Å². The lowest BCUT2D eigenvalue weighted by molar-refractivity contribution is -0.117. The Morgan fingerprint density at radius 1 is 1.00 bits per heavy atom. The number of amides is 1. The zero-order chi connectivity index (χ0) is 16.7. The number of hydrogen-bond acceptors (Lipinski definition) is 3. The second kappa shape index (κ2) is 8.13. The molecule has 1 atom stereocenters. The lowest BCUT2D eigenvalue weighted by Crippen LogP contribution is -2.22. The van der Waals surface area contributed by atoms with Crippen LogP contribution in [0.5, 0.6) is 0 Å². The van der Waals surface area contributed by atoms with Crippen molar-refractivity contribution >= 4 is 17.6 Å². The van der Waals surface area contributed by atoms with E-state index >= 15 is 0 Å². The Labute approximate surface area is 136 Å². The Bertz CT molecular complexity index is 667. The van der Waals surface area contributed by atoms with Crippen molar-refractivity contribution in [3.05, 3.63) is 65.7 Å². The van der Waals surface area contributed by atoms with Gasteiger partial charge in [-0.3, -0.25) is 4.79 Å². The summed E-state index contributed by atoms with van der Waals surface area (Å²) in [6.45, 7) is 4.01. The van der Waals surface area contributed by atoms with Crippen molar-refractivity contribution in [2.45, 2.75) is 26.2 Å². The van der Waals surface area contributed by atoms with Gasteiger partial charge in [0.1, 0.15) is 0 Å². The van der Waals surface area contributed by atoms with Crippen LogP contribution >= 0.6 is 0 Å². The van der Waals surface area contributed by atoms with Crippen LogP contribution in [0.25, 0.3) is 0 Å². The highest BCUT2D eigenvalue weighted by Gasteiger charge is 2.21. The second-order valence-corrected chi connectivity index (χ2v) is 5.13. The second-order valence-electron chi connectivity index (χ2n) is 5.13. The highest BCUT2D eigenvalue weighted by molar-refractivity contribution is 6.03. The van der Waals surface area contributed by atoms with E-state index in [0.717, 1.165) is 5.56 Å². The number of carbonyl (C=O) groups excluding carboxylic acids is 2. The van der Waals surface area contributed by atoms with Crippen molar-refractivity contribution in [1.82, 2.24) is 0 Å². The van der Waals surface area contributed by atoms with Crippen LogP contribution in [0, 0.1) is 0 Å². The number of anilines is 1. The van der Waals surface area contributed by atoms with Gasteiger partial charge in [-0.05, 0) is 31.0 Å². The number of esters is 1. The highest BCUT2D eigenvalue weighted by Crippen LogP contribution is 2.23. The molecule has 1 unspecified atom stereocenters. The molecular weight excluding hydrogens is 290 g/mol. The summed E-state index contributed by atoms with van der Waals surface area (Å²) in [6, 6.07) is 16.5. The first kappa shape index (κ1) is 16.7. The average molecular weight is 311 g/mol. The van der Waals surface area contributed by atoms with Crippen molar-refractivity contribution in [2.24, 2.45) is 0 Å². The Hall–Kier alpha value is -2.62. The van der Waals surface area contributed by atoms with Crippen LogP contribution in [-0.2, 0) is 9.53 Å². The van der Waals surface area contributed by atoms with E-state index in [1.807, 2.05) is 37.3 Å². The fourth-order valence-corrected chi connectivity index (χ4v) is 2.46. The Morgan fingerprint density at radius 3 is 2.30 bits per heavy atom. The zero-order valence-corrected chi connectivity index (χ0v) is 13.4. The van der Waals surface area contributed by atoms with Crippen LogP contribution < -0.4 is 5.32 Å². The molecule has 120 valence electrons. The summed E-state index contributed by atoms with van der Waals surface area (Å²) in [4.78, 5) is 24.6. The largest absolute Gasteiger partial charge is 0.462 e. The van der Waals surface area contributed by atoms with Crippen molar-refractivity contribution in [2.75, 3.05) is 11.9 Å². The van der Waals surface area contributed by atoms with Gasteiger partial charge in [0.15, 0.2) is 0 Å². The molecule has 0 aliphatic carbocycles. The minimum atomic E-state index is -0.434. The molecule has 2 rings (SSSR count). The summed E-state index contributed by atoms with van der Waals surface area (Å²) < 4.78 is 5.03. The van der Waals surface area contributed by atoms with Gasteiger partial charge in [0, 0.05) is 0 Å². The molecule has 0 fully saturated rings. The van der Waals surface area contributed by atoms with E-state index in [1.165, 1.54) is 0 Å². The highest BCUT2D eigenvalue weighted by atomic mass is 16.5. The molecule has 0 radical (unpaired) electrons. The number of para-hydroxylation sites is 1. The lowest BCUT2D eigenvalue weighted by Gasteiger charge is -2.17. The van der Waals surface area contributed by atoms with E-state index in [2.05, 4.69) is 5.32 Å². The van der Waals surface area contributed by atoms with Crippen LogP contribution in [-0.4, -0.2) is 18.5 Å². The van der Waals surface area contributed by atoms with E-state index < -0.39 is 5.97 Å². The summed E-state index contributed by atoms with van der Waals surface area (Å²) in [6.07, 6.45) is 0.678. The minimum Gasteiger partial charge on any atom is -0.462 e. The van der Waals surface area contributed by atoms with Gasteiger partial charge in [-0.1, -0.05) is 49.4 Å². The molecule has 1 amide bonds. The maximum Gasteiger partial charge on any atom is 0.340 e. The predicted molar refractivity (Wildman–Crippen MR) is 90.5 cm³/mol. The third-order valence-corrected chi connectivity index (χ3v) is 3.61. The molecule has 0 saturated carbocycles. The zero-order valence-electron chi connectivity index (χ0n) is 13.4. The predicted octanol–water partition coefficient (Wildman–Crippen LogP) is 4.00. The molecule has 2 aromatic carbocycles. The quantitative estimate of drug-likeness (QED) is 0.821. The maximum atomic E-state index is 12.6. The molecule has 0 aliphatic rings. The molecule has 0 aliphatic heterocycles. The molecule has 4 heteroatoms. The first-order chi connectivity index (χ1) is 11.2. The first-order valence-corrected chi connectivity index (χ1v) is 7.79. The van der Waals surface area contributed by atoms with Crippen molar-refractivity contribution in [1.29, 1.82) is 0 Å². The average Bonchev–Trinajstić information content (AvgIpc) is 2.57. The molecule has 0 bridgehead atoms. The summed E-state index contributed by atoms with van der Waals surface area (Å²) in [5.74, 6) is -0.821. The van der Waals surface area contributed by atoms with Gasteiger partial charge in [-0.2, -0.15) is 0 Å². The van der Waals surface area contributed by atoms with Crippen molar-refractivity contribution in [3.8, 4) is 0 Å². The smallest absolute Gasteiger partial charge is 0.340 e. The summed E-state index contributed by atoms with van der Waals surface area (Å²) >= 11 is 0. The van der Waals surface area contributed by atoms with Crippen molar-refractivity contribution in [3.63, 3.8) is 0 Å². The Balaban J connectivity index is 2.21. The van der Waals surface area contributed by atoms with E-state index in [9.17, 15) is 9.59 Å². The molecular formula is C19H21NO3. The number of rotatable bonds is 6. The fourth-order valence-electron chi connectivity index (χ4n) is 2.46. The van der Waals surface area contributed by atoms with Gasteiger partial charge in [-0.25, -0.2) is 4.79 Å². The molecule has 2 aromatic rings. The van der Waals surface area contributed by atoms with Crippen LogP contribution in [0.1, 0.15) is 42.1 Å². The number of ether oxygens (including phenoxy) is 1. The molecule has 0 saturated heterocycles. The first-order valence-electron chi connectivity index (χ1n) is 7.79. The van der Waals surface area contributed by atoms with Gasteiger partial charge < -0.3 is 10.1 Å². The Morgan fingerprint density at radius 2 is 1.65 bits per heavy atom. The van der Waals surface area contributed by atoms with Crippen LogP contribution in [0.2, 0.25) is 0 Å². The van der Waals surface area contributed by atoms with Gasteiger partial charge in [-0.15, -0.1) is 0 Å². The fraction of sp³-hybridized carbons (Fsp3) is 0.263. The standard InChI is InChI=1S/C19H21NO3/c1-3-15(14-10-6-5-7-11-14)18(21)20-17-13-9-8-12-16(17)19(22)23-4-2/h5-13,15H,3-4H2,1-2H3,(H,20,21). The topological polar surface area (TPSA) is 55.4 Å². The van der Waals surface area contributed by atoms with E-state index in [4.69, 9.17) is 4.74 Å². The number of nitrogens with one attached hydrogen (secondary N) is 1. The van der Waals surface area contributed by atoms with E-state index in [-0.39, 0.29) is 11.8 Å². The SMILES string of the molecule is CCOC(=O)c1ccccc1NC(=O)C(CC)c1ccccc1. The molecule has 0 heterocycles. The van der Waals surface area contributed by atoms with E-state index in [0.29, 0.717) is 24.3 Å². The van der Waals surface area contributed by atoms with Gasteiger partial charge in [0.2, 0.25) is 5.91 Å².